The predicted octanol–water partition coefficient (Wildman–Crippen LogP) is 2.73. The molecule has 0 N–H and O–H groups in total. The first-order chi connectivity index (χ1) is 13.9. The van der Waals surface area contributed by atoms with Gasteiger partial charge in [0.25, 0.3) is 0 Å². The van der Waals surface area contributed by atoms with Crippen LogP contribution in [0.25, 0.3) is 0 Å². The summed E-state index contributed by atoms with van der Waals surface area (Å²) in [5, 5.41) is 0. The first kappa shape index (κ1) is 21.2. The lowest BCUT2D eigenvalue weighted by Gasteiger charge is -2.33. The van der Waals surface area contributed by atoms with E-state index in [0.717, 1.165) is 31.7 Å². The number of ketones is 1. The SMILES string of the molecule is CC(CN(C)C(=O)CN1CCN(C)CC1)c1ccc(C(=O)c2ccccc2)cc1. The van der Waals surface area contributed by atoms with Crippen LogP contribution in [0.2, 0.25) is 0 Å². The van der Waals surface area contributed by atoms with Crippen molar-refractivity contribution in [2.45, 2.75) is 12.8 Å². The molecule has 1 atom stereocenters. The second-order valence-corrected chi connectivity index (χ2v) is 8.07. The van der Waals surface area contributed by atoms with Gasteiger partial charge in [0, 0.05) is 50.9 Å². The zero-order chi connectivity index (χ0) is 20.8. The number of hydrogen-bond acceptors (Lipinski definition) is 4. The van der Waals surface area contributed by atoms with Crippen molar-refractivity contribution in [3.8, 4) is 0 Å². The van der Waals surface area contributed by atoms with E-state index in [1.54, 1.807) is 0 Å². The summed E-state index contributed by atoms with van der Waals surface area (Å²) >= 11 is 0. The van der Waals surface area contributed by atoms with Crippen molar-refractivity contribution in [3.05, 3.63) is 71.3 Å². The zero-order valence-corrected chi connectivity index (χ0v) is 17.7. The van der Waals surface area contributed by atoms with Crippen molar-refractivity contribution in [3.63, 3.8) is 0 Å². The lowest BCUT2D eigenvalue weighted by atomic mass is 9.96. The fraction of sp³-hybridized carbons (Fsp3) is 0.417. The van der Waals surface area contributed by atoms with Gasteiger partial charge in [-0.25, -0.2) is 0 Å². The molecule has 3 rings (SSSR count). The van der Waals surface area contributed by atoms with E-state index < -0.39 is 0 Å². The summed E-state index contributed by atoms with van der Waals surface area (Å²) in [6.07, 6.45) is 0. The molecule has 5 heteroatoms. The third-order valence-corrected chi connectivity index (χ3v) is 5.71. The Bertz CT molecular complexity index is 812. The molecule has 29 heavy (non-hydrogen) atoms. The molecule has 1 unspecified atom stereocenters. The van der Waals surface area contributed by atoms with Crippen molar-refractivity contribution >= 4 is 11.7 Å². The largest absolute Gasteiger partial charge is 0.344 e. The van der Waals surface area contributed by atoms with Crippen molar-refractivity contribution < 1.29 is 9.59 Å². The number of carbonyl (C=O) groups is 2. The number of nitrogens with zero attached hydrogens (tertiary/aromatic N) is 3. The second-order valence-electron chi connectivity index (χ2n) is 8.07. The fourth-order valence-electron chi connectivity index (χ4n) is 3.66. The van der Waals surface area contributed by atoms with E-state index in [9.17, 15) is 9.59 Å². The van der Waals surface area contributed by atoms with Crippen LogP contribution < -0.4 is 0 Å². The first-order valence-corrected chi connectivity index (χ1v) is 10.3. The van der Waals surface area contributed by atoms with Gasteiger partial charge in [-0.1, -0.05) is 61.5 Å². The maximum Gasteiger partial charge on any atom is 0.236 e. The Morgan fingerprint density at radius 2 is 1.52 bits per heavy atom. The standard InChI is InChI=1S/C24H31N3O2/c1-19(17-26(3)23(28)18-27-15-13-25(2)14-16-27)20-9-11-22(12-10-20)24(29)21-7-5-4-6-8-21/h4-12,19H,13-18H2,1-3H3. The molecule has 1 amide bonds. The monoisotopic (exact) mass is 393 g/mol. The highest BCUT2D eigenvalue weighted by molar-refractivity contribution is 6.08. The van der Waals surface area contributed by atoms with Crippen molar-refractivity contribution in [2.24, 2.45) is 0 Å². The van der Waals surface area contributed by atoms with Crippen LogP contribution in [0.3, 0.4) is 0 Å². The molecule has 5 nitrogen and oxygen atoms in total. The summed E-state index contributed by atoms with van der Waals surface area (Å²) in [4.78, 5) is 31.5. The molecule has 1 aliphatic rings. The van der Waals surface area contributed by atoms with Crippen LogP contribution in [-0.2, 0) is 4.79 Å². The summed E-state index contributed by atoms with van der Waals surface area (Å²) in [5.74, 6) is 0.402. The highest BCUT2D eigenvalue weighted by atomic mass is 16.2. The Labute approximate surface area is 173 Å². The van der Waals surface area contributed by atoms with Gasteiger partial charge in [0.2, 0.25) is 5.91 Å². The molecule has 0 aromatic heterocycles. The van der Waals surface area contributed by atoms with Crippen LogP contribution in [0.5, 0.6) is 0 Å². The van der Waals surface area contributed by atoms with E-state index in [4.69, 9.17) is 0 Å². The molecule has 1 fully saturated rings. The van der Waals surface area contributed by atoms with Gasteiger partial charge in [0.15, 0.2) is 5.78 Å². The smallest absolute Gasteiger partial charge is 0.236 e. The molecule has 0 bridgehead atoms. The van der Waals surface area contributed by atoms with Crippen molar-refractivity contribution in [2.75, 3.05) is 53.4 Å². The van der Waals surface area contributed by atoms with Gasteiger partial charge >= 0.3 is 0 Å². The second kappa shape index (κ2) is 9.81. The predicted molar refractivity (Wildman–Crippen MR) is 116 cm³/mol. The van der Waals surface area contributed by atoms with Crippen LogP contribution in [0.1, 0.15) is 34.3 Å². The van der Waals surface area contributed by atoms with E-state index in [0.29, 0.717) is 24.2 Å². The van der Waals surface area contributed by atoms with Crippen molar-refractivity contribution in [1.82, 2.24) is 14.7 Å². The number of hydrogen-bond donors (Lipinski definition) is 0. The molecular formula is C24H31N3O2. The van der Waals surface area contributed by atoms with Crippen LogP contribution in [0, 0.1) is 0 Å². The third kappa shape index (κ3) is 5.75. The summed E-state index contributed by atoms with van der Waals surface area (Å²) < 4.78 is 0. The maximum atomic E-state index is 12.6. The lowest BCUT2D eigenvalue weighted by Crippen LogP contribution is -2.48. The lowest BCUT2D eigenvalue weighted by molar-refractivity contribution is -0.131. The molecule has 154 valence electrons. The molecule has 0 radical (unpaired) electrons. The number of amides is 1. The highest BCUT2D eigenvalue weighted by Gasteiger charge is 2.20. The van der Waals surface area contributed by atoms with Gasteiger partial charge in [-0.15, -0.1) is 0 Å². The minimum Gasteiger partial charge on any atom is -0.344 e. The minimum absolute atomic E-state index is 0.0317. The quantitative estimate of drug-likeness (QED) is 0.679. The fourth-order valence-corrected chi connectivity index (χ4v) is 3.66. The summed E-state index contributed by atoms with van der Waals surface area (Å²) in [5.41, 5.74) is 2.52. The van der Waals surface area contributed by atoms with Gasteiger partial charge in [-0.2, -0.15) is 0 Å². The van der Waals surface area contributed by atoms with Gasteiger partial charge in [0.05, 0.1) is 6.54 Å². The average Bonchev–Trinajstić information content (AvgIpc) is 2.75. The van der Waals surface area contributed by atoms with E-state index in [2.05, 4.69) is 23.8 Å². The van der Waals surface area contributed by atoms with Crippen LogP contribution in [0.4, 0.5) is 0 Å². The van der Waals surface area contributed by atoms with E-state index in [-0.39, 0.29) is 17.6 Å². The Morgan fingerprint density at radius 1 is 0.931 bits per heavy atom. The van der Waals surface area contributed by atoms with Gasteiger partial charge < -0.3 is 9.80 Å². The topological polar surface area (TPSA) is 43.9 Å². The average molecular weight is 394 g/mol. The minimum atomic E-state index is 0.0317. The van der Waals surface area contributed by atoms with Crippen LogP contribution in [0.15, 0.2) is 54.6 Å². The molecule has 0 saturated carbocycles. The molecule has 0 spiro atoms. The zero-order valence-electron chi connectivity index (χ0n) is 17.7. The van der Waals surface area contributed by atoms with Crippen LogP contribution >= 0.6 is 0 Å². The Hall–Kier alpha value is -2.50. The Balaban J connectivity index is 1.54. The summed E-state index contributed by atoms with van der Waals surface area (Å²) in [7, 11) is 3.99. The molecule has 1 saturated heterocycles. The Morgan fingerprint density at radius 3 is 2.14 bits per heavy atom. The third-order valence-electron chi connectivity index (χ3n) is 5.71. The number of benzene rings is 2. The maximum absolute atomic E-state index is 12.6. The number of piperazine rings is 1. The number of likely N-dealkylation sites (N-methyl/N-ethyl adjacent to an activating group) is 2. The molecule has 2 aromatic rings. The molecule has 2 aromatic carbocycles. The van der Waals surface area contributed by atoms with E-state index in [1.165, 1.54) is 0 Å². The summed E-state index contributed by atoms with van der Waals surface area (Å²) in [6, 6.07) is 17.1. The van der Waals surface area contributed by atoms with E-state index >= 15 is 0 Å². The molecule has 1 heterocycles. The van der Waals surface area contributed by atoms with E-state index in [1.807, 2.05) is 66.5 Å². The Kier molecular flexibility index (Phi) is 7.18. The molecule has 1 aliphatic heterocycles. The van der Waals surface area contributed by atoms with Crippen LogP contribution in [-0.4, -0.2) is 79.8 Å². The first-order valence-electron chi connectivity index (χ1n) is 10.3. The highest BCUT2D eigenvalue weighted by Crippen LogP contribution is 2.19. The van der Waals surface area contributed by atoms with Crippen molar-refractivity contribution in [1.29, 1.82) is 0 Å². The summed E-state index contributed by atoms with van der Waals surface area (Å²) in [6.45, 7) is 7.20. The van der Waals surface area contributed by atoms with Gasteiger partial charge in [0.1, 0.15) is 0 Å². The van der Waals surface area contributed by atoms with Gasteiger partial charge in [-0.3, -0.25) is 14.5 Å². The van der Waals surface area contributed by atoms with Gasteiger partial charge in [-0.05, 0) is 18.5 Å². The normalized spacial score (nSPS) is 16.4. The molecular weight excluding hydrogens is 362 g/mol. The number of rotatable bonds is 7. The number of carbonyl (C=O) groups excluding carboxylic acids is 2. The molecule has 0 aliphatic carbocycles.